The molecule has 84 valence electrons. The zero-order chi connectivity index (χ0) is 10.8. The highest BCUT2D eigenvalue weighted by molar-refractivity contribution is 9.13. The van der Waals surface area contributed by atoms with Gasteiger partial charge >= 0.3 is 0 Å². The van der Waals surface area contributed by atoms with Gasteiger partial charge in [-0.05, 0) is 57.3 Å². The highest BCUT2D eigenvalue weighted by Crippen LogP contribution is 2.33. The normalized spacial score (nSPS) is 22.5. The molecule has 1 aliphatic heterocycles. The van der Waals surface area contributed by atoms with Gasteiger partial charge in [-0.3, -0.25) is 4.90 Å². The second kappa shape index (κ2) is 5.27. The molecule has 1 aliphatic rings. The van der Waals surface area contributed by atoms with Crippen molar-refractivity contribution in [1.29, 1.82) is 0 Å². The van der Waals surface area contributed by atoms with Crippen LogP contribution < -0.4 is 5.73 Å². The summed E-state index contributed by atoms with van der Waals surface area (Å²) in [6.45, 7) is 3.01. The standard InChI is InChI=1S/C10H14Br2N2S/c11-9-4-8(15-10(9)12)6-14-3-1-2-7(14)5-13/h4,7H,1-3,5-6,13H2. The van der Waals surface area contributed by atoms with E-state index in [4.69, 9.17) is 5.73 Å². The number of nitrogens with two attached hydrogens (primary N) is 1. The lowest BCUT2D eigenvalue weighted by Crippen LogP contribution is -2.34. The number of rotatable bonds is 3. The van der Waals surface area contributed by atoms with Crippen LogP contribution in [0.4, 0.5) is 0 Å². The van der Waals surface area contributed by atoms with Gasteiger partial charge in [-0.25, -0.2) is 0 Å². The fraction of sp³-hybridized carbons (Fsp3) is 0.600. The highest BCUT2D eigenvalue weighted by Gasteiger charge is 2.23. The fourth-order valence-electron chi connectivity index (χ4n) is 2.04. The van der Waals surface area contributed by atoms with Crippen LogP contribution in [0, 0.1) is 0 Å². The number of thiophene rings is 1. The molecule has 2 N–H and O–H groups in total. The lowest BCUT2D eigenvalue weighted by molar-refractivity contribution is 0.252. The Hall–Kier alpha value is 0.580. The van der Waals surface area contributed by atoms with E-state index >= 15 is 0 Å². The monoisotopic (exact) mass is 352 g/mol. The van der Waals surface area contributed by atoms with Crippen molar-refractivity contribution in [1.82, 2.24) is 4.90 Å². The van der Waals surface area contributed by atoms with Crippen LogP contribution in [0.25, 0.3) is 0 Å². The van der Waals surface area contributed by atoms with Crippen LogP contribution in [0.3, 0.4) is 0 Å². The van der Waals surface area contributed by atoms with Gasteiger partial charge < -0.3 is 5.73 Å². The van der Waals surface area contributed by atoms with E-state index in [2.05, 4.69) is 42.8 Å². The zero-order valence-electron chi connectivity index (χ0n) is 8.38. The number of halogens is 2. The molecule has 15 heavy (non-hydrogen) atoms. The van der Waals surface area contributed by atoms with Crippen molar-refractivity contribution in [2.24, 2.45) is 5.73 Å². The van der Waals surface area contributed by atoms with Gasteiger partial charge in [0.1, 0.15) is 0 Å². The molecule has 0 aliphatic carbocycles. The molecular formula is C10H14Br2N2S. The first-order chi connectivity index (χ1) is 7.20. The van der Waals surface area contributed by atoms with E-state index in [-0.39, 0.29) is 0 Å². The molecule has 0 amide bonds. The summed E-state index contributed by atoms with van der Waals surface area (Å²) >= 11 is 8.85. The number of likely N-dealkylation sites (tertiary alicyclic amines) is 1. The van der Waals surface area contributed by atoms with Crippen molar-refractivity contribution in [2.45, 2.75) is 25.4 Å². The summed E-state index contributed by atoms with van der Waals surface area (Å²) in [5.41, 5.74) is 5.76. The number of nitrogens with zero attached hydrogens (tertiary/aromatic N) is 1. The molecule has 0 saturated carbocycles. The molecule has 0 radical (unpaired) electrons. The fourth-order valence-corrected chi connectivity index (χ4v) is 4.24. The van der Waals surface area contributed by atoms with Crippen LogP contribution in [-0.4, -0.2) is 24.0 Å². The smallest absolute Gasteiger partial charge is 0.0843 e. The first-order valence-electron chi connectivity index (χ1n) is 5.08. The topological polar surface area (TPSA) is 29.3 Å². The average Bonchev–Trinajstić information content (AvgIpc) is 2.75. The maximum atomic E-state index is 5.76. The Morgan fingerprint density at radius 1 is 1.53 bits per heavy atom. The third-order valence-corrected chi connectivity index (χ3v) is 6.07. The van der Waals surface area contributed by atoms with Crippen molar-refractivity contribution in [3.05, 3.63) is 19.2 Å². The van der Waals surface area contributed by atoms with Gasteiger partial charge in [0.25, 0.3) is 0 Å². The summed E-state index contributed by atoms with van der Waals surface area (Å²) < 4.78 is 2.34. The number of hydrogen-bond acceptors (Lipinski definition) is 3. The maximum absolute atomic E-state index is 5.76. The summed E-state index contributed by atoms with van der Waals surface area (Å²) in [5, 5.41) is 0. The van der Waals surface area contributed by atoms with Crippen molar-refractivity contribution < 1.29 is 0 Å². The summed E-state index contributed by atoms with van der Waals surface area (Å²) in [4.78, 5) is 3.89. The average molecular weight is 354 g/mol. The second-order valence-electron chi connectivity index (χ2n) is 3.84. The van der Waals surface area contributed by atoms with Crippen LogP contribution in [0.5, 0.6) is 0 Å². The molecule has 0 aromatic carbocycles. The van der Waals surface area contributed by atoms with Crippen LogP contribution in [0.1, 0.15) is 17.7 Å². The second-order valence-corrected chi connectivity index (χ2v) is 7.15. The van der Waals surface area contributed by atoms with Crippen LogP contribution >= 0.6 is 43.2 Å². The Kier molecular flexibility index (Phi) is 4.24. The predicted molar refractivity (Wildman–Crippen MR) is 72.2 cm³/mol. The highest BCUT2D eigenvalue weighted by atomic mass is 79.9. The predicted octanol–water partition coefficient (Wildman–Crippen LogP) is 3.20. The minimum absolute atomic E-state index is 0.588. The molecule has 1 fully saturated rings. The minimum atomic E-state index is 0.588. The van der Waals surface area contributed by atoms with Gasteiger partial charge in [0.2, 0.25) is 0 Å². The Morgan fingerprint density at radius 3 is 2.93 bits per heavy atom. The van der Waals surface area contributed by atoms with Crippen LogP contribution in [0.15, 0.2) is 14.3 Å². The molecule has 1 unspecified atom stereocenters. The van der Waals surface area contributed by atoms with Gasteiger partial charge in [0.05, 0.1) is 3.79 Å². The van der Waals surface area contributed by atoms with Gasteiger partial charge in [-0.15, -0.1) is 11.3 Å². The zero-order valence-corrected chi connectivity index (χ0v) is 12.4. The van der Waals surface area contributed by atoms with Gasteiger partial charge in [0.15, 0.2) is 0 Å². The Bertz CT molecular complexity index is 321. The molecular weight excluding hydrogens is 340 g/mol. The first kappa shape index (κ1) is 12.0. The molecule has 0 spiro atoms. The van der Waals surface area contributed by atoms with Crippen LogP contribution in [-0.2, 0) is 6.54 Å². The molecule has 2 rings (SSSR count). The van der Waals surface area contributed by atoms with Crippen molar-refractivity contribution in [3.8, 4) is 0 Å². The molecule has 1 saturated heterocycles. The Balaban J connectivity index is 2.02. The van der Waals surface area contributed by atoms with E-state index in [1.165, 1.54) is 28.0 Å². The summed E-state index contributed by atoms with van der Waals surface area (Å²) in [6.07, 6.45) is 2.54. The van der Waals surface area contributed by atoms with Gasteiger partial charge in [-0.2, -0.15) is 0 Å². The molecule has 5 heteroatoms. The van der Waals surface area contributed by atoms with Crippen LogP contribution in [0.2, 0.25) is 0 Å². The van der Waals surface area contributed by atoms with E-state index in [0.29, 0.717) is 6.04 Å². The SMILES string of the molecule is NCC1CCCN1Cc1cc(Br)c(Br)s1. The summed E-state index contributed by atoms with van der Waals surface area (Å²) in [6, 6.07) is 2.78. The summed E-state index contributed by atoms with van der Waals surface area (Å²) in [5.74, 6) is 0. The van der Waals surface area contributed by atoms with Crippen molar-refractivity contribution in [2.75, 3.05) is 13.1 Å². The lowest BCUT2D eigenvalue weighted by Gasteiger charge is -2.22. The third-order valence-electron chi connectivity index (χ3n) is 2.83. The molecule has 1 aromatic heterocycles. The minimum Gasteiger partial charge on any atom is -0.329 e. The van der Waals surface area contributed by atoms with Crippen molar-refractivity contribution >= 4 is 43.2 Å². The van der Waals surface area contributed by atoms with E-state index in [1.54, 1.807) is 11.3 Å². The van der Waals surface area contributed by atoms with Crippen molar-refractivity contribution in [3.63, 3.8) is 0 Å². The quantitative estimate of drug-likeness (QED) is 0.904. The Morgan fingerprint density at radius 2 is 2.33 bits per heavy atom. The molecule has 1 aromatic rings. The van der Waals surface area contributed by atoms with Gasteiger partial charge in [-0.1, -0.05) is 0 Å². The molecule has 2 nitrogen and oxygen atoms in total. The Labute approximate surface area is 111 Å². The molecule has 0 bridgehead atoms. The largest absolute Gasteiger partial charge is 0.329 e. The third kappa shape index (κ3) is 2.82. The van der Waals surface area contributed by atoms with E-state index in [1.807, 2.05) is 0 Å². The van der Waals surface area contributed by atoms with Gasteiger partial charge in [0, 0.05) is 28.5 Å². The van der Waals surface area contributed by atoms with E-state index in [0.717, 1.165) is 17.6 Å². The lowest BCUT2D eigenvalue weighted by atomic mass is 10.2. The van der Waals surface area contributed by atoms with E-state index in [9.17, 15) is 0 Å². The van der Waals surface area contributed by atoms with E-state index < -0.39 is 0 Å². The molecule has 1 atom stereocenters. The first-order valence-corrected chi connectivity index (χ1v) is 7.49. The summed E-state index contributed by atoms with van der Waals surface area (Å²) in [7, 11) is 0. The molecule has 2 heterocycles. The number of hydrogen-bond donors (Lipinski definition) is 1. The maximum Gasteiger partial charge on any atom is 0.0843 e.